The van der Waals surface area contributed by atoms with E-state index in [2.05, 4.69) is 15.9 Å². The first-order valence-electron chi connectivity index (χ1n) is 6.92. The molecule has 2 aromatic rings. The molecule has 2 aromatic carbocycles. The fourth-order valence-electron chi connectivity index (χ4n) is 2.05. The Hall–Kier alpha value is -1.46. The van der Waals surface area contributed by atoms with Crippen LogP contribution in [0.4, 0.5) is 0 Å². The van der Waals surface area contributed by atoms with E-state index < -0.39 is 9.84 Å². The number of carbonyl (C=O) groups is 1. The molecule has 0 atom stereocenters. The van der Waals surface area contributed by atoms with Gasteiger partial charge < -0.3 is 0 Å². The SMILES string of the molecule is CCS(=O)(=O)Cc1ccc(C(=O)c2ccc(C)cc2)c(Br)c1. The van der Waals surface area contributed by atoms with Crippen molar-refractivity contribution in [2.75, 3.05) is 5.75 Å². The maximum Gasteiger partial charge on any atom is 0.194 e. The second-order valence-corrected chi connectivity index (χ2v) is 8.39. The number of benzene rings is 2. The molecule has 0 bridgehead atoms. The Kier molecular flexibility index (Phi) is 5.19. The van der Waals surface area contributed by atoms with Gasteiger partial charge in [0.2, 0.25) is 0 Å². The van der Waals surface area contributed by atoms with Gasteiger partial charge in [0.1, 0.15) is 0 Å². The van der Waals surface area contributed by atoms with E-state index in [1.165, 1.54) is 0 Å². The summed E-state index contributed by atoms with van der Waals surface area (Å²) in [7, 11) is -3.09. The number of sulfone groups is 1. The lowest BCUT2D eigenvalue weighted by atomic mass is 10.0. The molecular formula is C17H17BrO3S. The number of aryl methyl sites for hydroxylation is 1. The first-order valence-corrected chi connectivity index (χ1v) is 9.54. The third-order valence-electron chi connectivity index (χ3n) is 3.42. The van der Waals surface area contributed by atoms with E-state index in [-0.39, 0.29) is 17.3 Å². The van der Waals surface area contributed by atoms with Gasteiger partial charge in [-0.05, 0) is 24.6 Å². The summed E-state index contributed by atoms with van der Waals surface area (Å²) >= 11 is 3.37. The zero-order chi connectivity index (χ0) is 16.3. The number of hydrogen-bond acceptors (Lipinski definition) is 3. The lowest BCUT2D eigenvalue weighted by Gasteiger charge is -2.07. The van der Waals surface area contributed by atoms with Gasteiger partial charge >= 0.3 is 0 Å². The van der Waals surface area contributed by atoms with E-state index >= 15 is 0 Å². The van der Waals surface area contributed by atoms with Crippen molar-refractivity contribution < 1.29 is 13.2 Å². The summed E-state index contributed by atoms with van der Waals surface area (Å²) in [4.78, 5) is 12.5. The van der Waals surface area contributed by atoms with Gasteiger partial charge in [-0.2, -0.15) is 0 Å². The van der Waals surface area contributed by atoms with Gasteiger partial charge in [0.25, 0.3) is 0 Å². The van der Waals surface area contributed by atoms with Gasteiger partial charge in [-0.15, -0.1) is 0 Å². The van der Waals surface area contributed by atoms with Crippen LogP contribution in [0.2, 0.25) is 0 Å². The monoisotopic (exact) mass is 380 g/mol. The Morgan fingerprint density at radius 1 is 1.09 bits per heavy atom. The third kappa shape index (κ3) is 4.05. The van der Waals surface area contributed by atoms with Crippen molar-refractivity contribution in [1.29, 1.82) is 0 Å². The Morgan fingerprint density at radius 2 is 1.73 bits per heavy atom. The molecule has 0 saturated carbocycles. The predicted molar refractivity (Wildman–Crippen MR) is 91.9 cm³/mol. The minimum absolute atomic E-state index is 0.0128. The van der Waals surface area contributed by atoms with E-state index in [4.69, 9.17) is 0 Å². The fourth-order valence-corrected chi connectivity index (χ4v) is 3.55. The quantitative estimate of drug-likeness (QED) is 0.738. The summed E-state index contributed by atoms with van der Waals surface area (Å²) in [5.41, 5.74) is 2.91. The van der Waals surface area contributed by atoms with Crippen LogP contribution in [0.5, 0.6) is 0 Å². The van der Waals surface area contributed by atoms with Crippen molar-refractivity contribution >= 4 is 31.6 Å². The predicted octanol–water partition coefficient (Wildman–Crippen LogP) is 3.92. The van der Waals surface area contributed by atoms with Crippen LogP contribution in [0.25, 0.3) is 0 Å². The lowest BCUT2D eigenvalue weighted by molar-refractivity contribution is 0.103. The Bertz CT molecular complexity index is 793. The van der Waals surface area contributed by atoms with Gasteiger partial charge in [-0.25, -0.2) is 8.42 Å². The fraction of sp³-hybridized carbons (Fsp3) is 0.235. The molecule has 0 unspecified atom stereocenters. The largest absolute Gasteiger partial charge is 0.289 e. The molecule has 0 N–H and O–H groups in total. The van der Waals surface area contributed by atoms with Gasteiger partial charge in [-0.1, -0.05) is 58.7 Å². The summed E-state index contributed by atoms with van der Waals surface area (Å²) in [5, 5.41) is 0. The highest BCUT2D eigenvalue weighted by Crippen LogP contribution is 2.23. The third-order valence-corrected chi connectivity index (χ3v) is 5.73. The Balaban J connectivity index is 2.30. The molecule has 0 spiro atoms. The topological polar surface area (TPSA) is 51.2 Å². The summed E-state index contributed by atoms with van der Waals surface area (Å²) in [6, 6.07) is 12.4. The molecule has 0 heterocycles. The van der Waals surface area contributed by atoms with Crippen molar-refractivity contribution in [2.24, 2.45) is 0 Å². The van der Waals surface area contributed by atoms with Crippen LogP contribution < -0.4 is 0 Å². The standard InChI is InChI=1S/C17H17BrO3S/c1-3-22(20,21)11-13-6-9-15(16(18)10-13)17(19)14-7-4-12(2)5-8-14/h4-10H,3,11H2,1-2H3. The number of rotatable bonds is 5. The number of ketones is 1. The average molecular weight is 381 g/mol. The normalized spacial score (nSPS) is 11.4. The van der Waals surface area contributed by atoms with Crippen LogP contribution in [-0.2, 0) is 15.6 Å². The van der Waals surface area contributed by atoms with Gasteiger partial charge in [0.05, 0.1) is 5.75 Å². The molecule has 5 heteroatoms. The van der Waals surface area contributed by atoms with Crippen molar-refractivity contribution in [1.82, 2.24) is 0 Å². The second kappa shape index (κ2) is 6.75. The number of hydrogen-bond donors (Lipinski definition) is 0. The van der Waals surface area contributed by atoms with Crippen molar-refractivity contribution in [2.45, 2.75) is 19.6 Å². The lowest BCUT2D eigenvalue weighted by Crippen LogP contribution is -2.08. The number of carbonyl (C=O) groups excluding carboxylic acids is 1. The molecule has 3 nitrogen and oxygen atoms in total. The maximum absolute atomic E-state index is 12.5. The molecule has 2 rings (SSSR count). The molecule has 22 heavy (non-hydrogen) atoms. The summed E-state index contributed by atoms with van der Waals surface area (Å²) in [6.07, 6.45) is 0. The molecule has 0 aromatic heterocycles. The molecule has 0 aliphatic rings. The van der Waals surface area contributed by atoms with Crippen LogP contribution in [-0.4, -0.2) is 20.0 Å². The minimum Gasteiger partial charge on any atom is -0.289 e. The van der Waals surface area contributed by atoms with E-state index in [1.807, 2.05) is 19.1 Å². The van der Waals surface area contributed by atoms with E-state index in [9.17, 15) is 13.2 Å². The Labute approximate surface area is 139 Å². The Morgan fingerprint density at radius 3 is 2.27 bits per heavy atom. The average Bonchev–Trinajstić information content (AvgIpc) is 2.47. The highest BCUT2D eigenvalue weighted by molar-refractivity contribution is 9.10. The van der Waals surface area contributed by atoms with E-state index in [0.717, 1.165) is 5.56 Å². The molecule has 0 amide bonds. The zero-order valence-electron chi connectivity index (χ0n) is 12.5. The molecule has 0 aliphatic carbocycles. The number of halogens is 1. The molecule has 0 aliphatic heterocycles. The van der Waals surface area contributed by atoms with Crippen LogP contribution >= 0.6 is 15.9 Å². The molecule has 0 saturated heterocycles. The van der Waals surface area contributed by atoms with E-state index in [0.29, 0.717) is 21.2 Å². The first-order chi connectivity index (χ1) is 10.3. The summed E-state index contributed by atoms with van der Waals surface area (Å²) in [6.45, 7) is 3.59. The first kappa shape index (κ1) is 16.9. The molecular weight excluding hydrogens is 364 g/mol. The van der Waals surface area contributed by atoms with Gasteiger partial charge in [0.15, 0.2) is 15.6 Å². The highest BCUT2D eigenvalue weighted by Gasteiger charge is 2.15. The van der Waals surface area contributed by atoms with Crippen LogP contribution in [0.1, 0.15) is 34.0 Å². The highest BCUT2D eigenvalue weighted by atomic mass is 79.9. The van der Waals surface area contributed by atoms with Crippen LogP contribution in [0.15, 0.2) is 46.9 Å². The maximum atomic E-state index is 12.5. The van der Waals surface area contributed by atoms with Gasteiger partial charge in [-0.3, -0.25) is 4.79 Å². The zero-order valence-corrected chi connectivity index (χ0v) is 14.9. The summed E-state index contributed by atoms with van der Waals surface area (Å²) in [5.74, 6) is 0.00670. The minimum atomic E-state index is -3.09. The molecule has 0 radical (unpaired) electrons. The molecule has 116 valence electrons. The van der Waals surface area contributed by atoms with Crippen molar-refractivity contribution in [3.63, 3.8) is 0 Å². The molecule has 0 fully saturated rings. The van der Waals surface area contributed by atoms with Crippen LogP contribution in [0.3, 0.4) is 0 Å². The smallest absolute Gasteiger partial charge is 0.194 e. The summed E-state index contributed by atoms with van der Waals surface area (Å²) < 4.78 is 24.0. The second-order valence-electron chi connectivity index (χ2n) is 5.19. The van der Waals surface area contributed by atoms with Crippen molar-refractivity contribution in [3.05, 3.63) is 69.2 Å². The van der Waals surface area contributed by atoms with E-state index in [1.54, 1.807) is 37.3 Å². The van der Waals surface area contributed by atoms with Crippen molar-refractivity contribution in [3.8, 4) is 0 Å². The van der Waals surface area contributed by atoms with Crippen LogP contribution in [0, 0.1) is 6.92 Å². The van der Waals surface area contributed by atoms with Gasteiger partial charge in [0, 0.05) is 21.4 Å².